The van der Waals surface area contributed by atoms with Crippen LogP contribution in [0.25, 0.3) is 0 Å². The van der Waals surface area contributed by atoms with Crippen LogP contribution in [0.5, 0.6) is 5.88 Å². The number of hydrogen-bond acceptors (Lipinski definition) is 4. The fraction of sp³-hybridized carbons (Fsp3) is 0.333. The Balaban J connectivity index is 3.21. The van der Waals surface area contributed by atoms with Crippen molar-refractivity contribution in [2.45, 2.75) is 6.43 Å². The summed E-state index contributed by atoms with van der Waals surface area (Å²) < 4.78 is 34.1. The Bertz CT molecular complexity index is 368. The van der Waals surface area contributed by atoms with E-state index in [1.165, 1.54) is 7.11 Å². The van der Waals surface area contributed by atoms with E-state index in [4.69, 9.17) is 0 Å². The molecule has 4 nitrogen and oxygen atoms in total. The summed E-state index contributed by atoms with van der Waals surface area (Å²) in [6, 6.07) is 1.01. The van der Waals surface area contributed by atoms with Crippen molar-refractivity contribution in [3.8, 4) is 5.88 Å². The molecular formula is C9H9F2NO3. The van der Waals surface area contributed by atoms with Gasteiger partial charge in [0, 0.05) is 17.8 Å². The number of alkyl halides is 2. The van der Waals surface area contributed by atoms with E-state index in [0.29, 0.717) is 0 Å². The zero-order chi connectivity index (χ0) is 11.4. The molecule has 0 atom stereocenters. The molecule has 0 spiro atoms. The Morgan fingerprint density at radius 3 is 2.60 bits per heavy atom. The fourth-order valence-electron chi connectivity index (χ4n) is 1.02. The van der Waals surface area contributed by atoms with Crippen LogP contribution in [-0.4, -0.2) is 25.2 Å². The van der Waals surface area contributed by atoms with E-state index >= 15 is 0 Å². The first-order valence-electron chi connectivity index (χ1n) is 4.00. The molecule has 1 rings (SSSR count). The fourth-order valence-corrected chi connectivity index (χ4v) is 1.02. The van der Waals surface area contributed by atoms with Gasteiger partial charge >= 0.3 is 5.97 Å². The van der Waals surface area contributed by atoms with Crippen molar-refractivity contribution in [1.82, 2.24) is 4.98 Å². The average molecular weight is 217 g/mol. The van der Waals surface area contributed by atoms with Gasteiger partial charge in [-0.1, -0.05) is 0 Å². The lowest BCUT2D eigenvalue weighted by molar-refractivity contribution is 0.0588. The molecule has 6 heteroatoms. The van der Waals surface area contributed by atoms with Crippen molar-refractivity contribution >= 4 is 5.97 Å². The predicted molar refractivity (Wildman–Crippen MR) is 47.1 cm³/mol. The molecule has 0 amide bonds. The van der Waals surface area contributed by atoms with Crippen LogP contribution in [0.1, 0.15) is 22.3 Å². The summed E-state index contributed by atoms with van der Waals surface area (Å²) in [5, 5.41) is 0. The highest BCUT2D eigenvalue weighted by Crippen LogP contribution is 2.25. The van der Waals surface area contributed by atoms with Gasteiger partial charge in [0.2, 0.25) is 5.88 Å². The third kappa shape index (κ3) is 2.39. The summed E-state index contributed by atoms with van der Waals surface area (Å²) in [6.07, 6.45) is -1.78. The lowest BCUT2D eigenvalue weighted by Gasteiger charge is -2.07. The number of esters is 1. The molecule has 0 radical (unpaired) electrons. The molecule has 0 saturated carbocycles. The van der Waals surface area contributed by atoms with E-state index in [1.54, 1.807) is 0 Å². The maximum Gasteiger partial charge on any atom is 0.339 e. The van der Waals surface area contributed by atoms with Crippen molar-refractivity contribution in [3.05, 3.63) is 23.4 Å². The summed E-state index contributed by atoms with van der Waals surface area (Å²) in [6.45, 7) is 0. The molecule has 0 aromatic carbocycles. The van der Waals surface area contributed by atoms with Crippen LogP contribution in [0.2, 0.25) is 0 Å². The molecule has 0 fully saturated rings. The van der Waals surface area contributed by atoms with Crippen LogP contribution in [0.3, 0.4) is 0 Å². The van der Waals surface area contributed by atoms with Crippen molar-refractivity contribution < 1.29 is 23.0 Å². The summed E-state index contributed by atoms with van der Waals surface area (Å²) >= 11 is 0. The zero-order valence-corrected chi connectivity index (χ0v) is 8.16. The molecule has 15 heavy (non-hydrogen) atoms. The van der Waals surface area contributed by atoms with E-state index in [1.807, 2.05) is 0 Å². The zero-order valence-electron chi connectivity index (χ0n) is 8.16. The number of hydrogen-bond donors (Lipinski definition) is 0. The van der Waals surface area contributed by atoms with Crippen molar-refractivity contribution in [2.24, 2.45) is 0 Å². The highest BCUT2D eigenvalue weighted by atomic mass is 19.3. The number of pyridine rings is 1. The van der Waals surface area contributed by atoms with Gasteiger partial charge in [-0.15, -0.1) is 0 Å². The Kier molecular flexibility index (Phi) is 3.54. The van der Waals surface area contributed by atoms with Gasteiger partial charge in [-0.3, -0.25) is 0 Å². The summed E-state index contributed by atoms with van der Waals surface area (Å²) in [5.41, 5.74) is -0.706. The van der Waals surface area contributed by atoms with E-state index in [-0.39, 0.29) is 11.4 Å². The number of carbonyl (C=O) groups is 1. The van der Waals surface area contributed by atoms with E-state index in [2.05, 4.69) is 14.5 Å². The number of rotatable bonds is 3. The van der Waals surface area contributed by atoms with Crippen LogP contribution in [0.15, 0.2) is 12.3 Å². The molecule has 0 saturated heterocycles. The molecule has 0 aliphatic rings. The topological polar surface area (TPSA) is 48.4 Å². The van der Waals surface area contributed by atoms with Gasteiger partial charge in [0.05, 0.1) is 19.8 Å². The Hall–Kier alpha value is -1.72. The number of methoxy groups -OCH3 is 2. The highest BCUT2D eigenvalue weighted by molar-refractivity contribution is 5.90. The Labute approximate surface area is 84.8 Å². The Morgan fingerprint density at radius 2 is 2.13 bits per heavy atom. The van der Waals surface area contributed by atoms with Crippen LogP contribution >= 0.6 is 0 Å². The van der Waals surface area contributed by atoms with Crippen LogP contribution in [-0.2, 0) is 4.74 Å². The molecule has 0 aliphatic heterocycles. The molecule has 1 heterocycles. The average Bonchev–Trinajstić information content (AvgIpc) is 2.27. The number of carbonyl (C=O) groups excluding carboxylic acids is 1. The molecular weight excluding hydrogens is 208 g/mol. The van der Waals surface area contributed by atoms with Crippen molar-refractivity contribution in [3.63, 3.8) is 0 Å². The second kappa shape index (κ2) is 4.68. The number of nitrogens with zero attached hydrogens (tertiary/aromatic N) is 1. The molecule has 0 bridgehead atoms. The molecule has 0 aliphatic carbocycles. The predicted octanol–water partition coefficient (Wildman–Crippen LogP) is 1.81. The smallest absolute Gasteiger partial charge is 0.339 e. The van der Waals surface area contributed by atoms with Gasteiger partial charge in [0.1, 0.15) is 0 Å². The summed E-state index contributed by atoms with van der Waals surface area (Å²) in [7, 11) is 2.41. The monoisotopic (exact) mass is 217 g/mol. The minimum Gasteiger partial charge on any atom is -0.481 e. The summed E-state index contributed by atoms with van der Waals surface area (Å²) in [5.74, 6) is -0.821. The number of halogens is 2. The van der Waals surface area contributed by atoms with Crippen molar-refractivity contribution in [2.75, 3.05) is 14.2 Å². The maximum absolute atomic E-state index is 12.5. The van der Waals surface area contributed by atoms with Crippen LogP contribution in [0, 0.1) is 0 Å². The largest absolute Gasteiger partial charge is 0.481 e. The lowest BCUT2D eigenvalue weighted by atomic mass is 10.1. The van der Waals surface area contributed by atoms with E-state index in [9.17, 15) is 13.6 Å². The maximum atomic E-state index is 12.5. The third-order valence-corrected chi connectivity index (χ3v) is 1.76. The number of ether oxygens (including phenoxy) is 2. The van der Waals surface area contributed by atoms with Crippen LogP contribution in [0.4, 0.5) is 8.78 Å². The lowest BCUT2D eigenvalue weighted by Crippen LogP contribution is -2.07. The van der Waals surface area contributed by atoms with Gasteiger partial charge in [-0.2, -0.15) is 0 Å². The molecule has 0 unspecified atom stereocenters. The van der Waals surface area contributed by atoms with Crippen molar-refractivity contribution in [1.29, 1.82) is 0 Å². The first kappa shape index (κ1) is 11.4. The standard InChI is InChI=1S/C9H9F2NO3/c1-14-7-3-5(8(10)11)6(4-12-7)9(13)15-2/h3-4,8H,1-2H3. The normalized spacial score (nSPS) is 10.2. The van der Waals surface area contributed by atoms with Gasteiger partial charge < -0.3 is 9.47 Å². The first-order chi connectivity index (χ1) is 7.10. The van der Waals surface area contributed by atoms with E-state index in [0.717, 1.165) is 19.4 Å². The summed E-state index contributed by atoms with van der Waals surface area (Å²) in [4.78, 5) is 14.8. The van der Waals surface area contributed by atoms with E-state index < -0.39 is 18.0 Å². The minimum absolute atomic E-state index is 0.0259. The highest BCUT2D eigenvalue weighted by Gasteiger charge is 2.20. The second-order valence-electron chi connectivity index (χ2n) is 2.61. The van der Waals surface area contributed by atoms with Gasteiger partial charge in [-0.05, 0) is 0 Å². The number of aromatic nitrogens is 1. The van der Waals surface area contributed by atoms with Crippen LogP contribution < -0.4 is 4.74 Å². The quantitative estimate of drug-likeness (QED) is 0.724. The van der Waals surface area contributed by atoms with Gasteiger partial charge in [-0.25, -0.2) is 18.6 Å². The molecule has 1 aromatic heterocycles. The SMILES string of the molecule is COC(=O)c1cnc(OC)cc1C(F)F. The van der Waals surface area contributed by atoms with Gasteiger partial charge in [0.25, 0.3) is 6.43 Å². The Morgan fingerprint density at radius 1 is 1.47 bits per heavy atom. The minimum atomic E-state index is -2.78. The molecule has 82 valence electrons. The second-order valence-corrected chi connectivity index (χ2v) is 2.61. The first-order valence-corrected chi connectivity index (χ1v) is 4.00. The molecule has 0 N–H and O–H groups in total. The third-order valence-electron chi connectivity index (χ3n) is 1.76. The molecule has 1 aromatic rings. The van der Waals surface area contributed by atoms with Gasteiger partial charge in [0.15, 0.2) is 0 Å².